The number of aromatic nitrogens is 1. The molecular formula is C22H21N3O3S. The number of thioether (sulfide) groups is 1. The Morgan fingerprint density at radius 3 is 2.59 bits per heavy atom. The second-order valence-electron chi connectivity index (χ2n) is 6.20. The van der Waals surface area contributed by atoms with Crippen LogP contribution in [-0.2, 0) is 11.2 Å². The van der Waals surface area contributed by atoms with Gasteiger partial charge in [0.05, 0.1) is 31.1 Å². The Labute approximate surface area is 173 Å². The number of pyridine rings is 1. The van der Waals surface area contributed by atoms with Crippen molar-refractivity contribution in [3.05, 3.63) is 53.6 Å². The van der Waals surface area contributed by atoms with Gasteiger partial charge in [0.25, 0.3) is 0 Å². The Morgan fingerprint density at radius 1 is 1.17 bits per heavy atom. The average molecular weight is 407 g/mol. The number of hydrogen-bond donors (Lipinski definition) is 1. The Balaban J connectivity index is 1.82. The zero-order valence-corrected chi connectivity index (χ0v) is 17.3. The number of carbonyl (C=O) groups excluding carboxylic acids is 1. The molecule has 6 nitrogen and oxygen atoms in total. The Kier molecular flexibility index (Phi) is 6.57. The first-order chi connectivity index (χ1) is 14.1. The first-order valence-corrected chi connectivity index (χ1v) is 10.1. The van der Waals surface area contributed by atoms with E-state index in [0.717, 1.165) is 23.1 Å². The topological polar surface area (TPSA) is 84.2 Å². The quantitative estimate of drug-likeness (QED) is 0.584. The van der Waals surface area contributed by atoms with Gasteiger partial charge in [-0.1, -0.05) is 36.9 Å². The summed E-state index contributed by atoms with van der Waals surface area (Å²) in [6, 6.07) is 15.2. The number of para-hydroxylation sites is 1. The van der Waals surface area contributed by atoms with Crippen LogP contribution in [0, 0.1) is 11.3 Å². The lowest BCUT2D eigenvalue weighted by Crippen LogP contribution is -2.15. The minimum Gasteiger partial charge on any atom is -0.493 e. The van der Waals surface area contributed by atoms with Gasteiger partial charge in [0.2, 0.25) is 5.91 Å². The first kappa shape index (κ1) is 20.5. The molecule has 7 heteroatoms. The monoisotopic (exact) mass is 407 g/mol. The molecule has 3 aromatic rings. The maximum Gasteiger partial charge on any atom is 0.234 e. The molecule has 0 saturated heterocycles. The van der Waals surface area contributed by atoms with Crippen molar-refractivity contribution < 1.29 is 14.3 Å². The lowest BCUT2D eigenvalue weighted by Gasteiger charge is -2.11. The molecule has 3 rings (SSSR count). The predicted octanol–water partition coefficient (Wildman–Crippen LogP) is 4.42. The van der Waals surface area contributed by atoms with E-state index in [2.05, 4.69) is 16.4 Å². The van der Waals surface area contributed by atoms with Crippen molar-refractivity contribution >= 4 is 34.3 Å². The highest BCUT2D eigenvalue weighted by Gasteiger charge is 2.14. The van der Waals surface area contributed by atoms with Gasteiger partial charge in [0.1, 0.15) is 11.1 Å². The van der Waals surface area contributed by atoms with Crippen molar-refractivity contribution in [2.45, 2.75) is 18.4 Å². The fourth-order valence-electron chi connectivity index (χ4n) is 2.94. The molecule has 0 aliphatic heterocycles. The van der Waals surface area contributed by atoms with E-state index in [1.54, 1.807) is 32.4 Å². The lowest BCUT2D eigenvalue weighted by atomic mass is 10.1. The fourth-order valence-corrected chi connectivity index (χ4v) is 3.71. The van der Waals surface area contributed by atoms with E-state index in [0.29, 0.717) is 27.6 Å². The number of fused-ring (bicyclic) bond motifs is 1. The second-order valence-corrected chi connectivity index (χ2v) is 7.16. The number of hydrogen-bond acceptors (Lipinski definition) is 6. The molecular weight excluding hydrogens is 386 g/mol. The Hall–Kier alpha value is -3.24. The van der Waals surface area contributed by atoms with Crippen LogP contribution in [-0.4, -0.2) is 30.9 Å². The van der Waals surface area contributed by atoms with Crippen LogP contribution in [0.4, 0.5) is 5.69 Å². The van der Waals surface area contributed by atoms with E-state index in [-0.39, 0.29) is 11.7 Å². The molecule has 0 bridgehead atoms. The maximum atomic E-state index is 12.4. The molecule has 0 aliphatic carbocycles. The molecule has 0 radical (unpaired) electrons. The van der Waals surface area contributed by atoms with Crippen LogP contribution < -0.4 is 14.8 Å². The molecule has 0 aliphatic rings. The van der Waals surface area contributed by atoms with Crippen molar-refractivity contribution in [2.24, 2.45) is 0 Å². The summed E-state index contributed by atoms with van der Waals surface area (Å²) < 4.78 is 10.6. The highest BCUT2D eigenvalue weighted by Crippen LogP contribution is 2.33. The van der Waals surface area contributed by atoms with Crippen LogP contribution in [0.25, 0.3) is 10.9 Å². The first-order valence-electron chi connectivity index (χ1n) is 9.07. The van der Waals surface area contributed by atoms with Gasteiger partial charge in [0, 0.05) is 17.1 Å². The zero-order valence-electron chi connectivity index (χ0n) is 16.5. The van der Waals surface area contributed by atoms with Crippen molar-refractivity contribution in [1.82, 2.24) is 4.98 Å². The van der Waals surface area contributed by atoms with Crippen LogP contribution >= 0.6 is 11.8 Å². The van der Waals surface area contributed by atoms with Crippen molar-refractivity contribution in [3.63, 3.8) is 0 Å². The third-order valence-electron chi connectivity index (χ3n) is 4.42. The highest BCUT2D eigenvalue weighted by molar-refractivity contribution is 8.00. The van der Waals surface area contributed by atoms with Crippen molar-refractivity contribution in [2.75, 3.05) is 25.3 Å². The van der Waals surface area contributed by atoms with E-state index in [1.807, 2.05) is 31.2 Å². The van der Waals surface area contributed by atoms with E-state index in [1.165, 1.54) is 11.8 Å². The Bertz CT molecular complexity index is 1090. The summed E-state index contributed by atoms with van der Waals surface area (Å²) in [7, 11) is 3.11. The minimum atomic E-state index is -0.144. The van der Waals surface area contributed by atoms with E-state index < -0.39 is 0 Å². The number of nitriles is 1. The van der Waals surface area contributed by atoms with Gasteiger partial charge in [-0.05, 0) is 30.2 Å². The van der Waals surface area contributed by atoms with Crippen LogP contribution in [0.5, 0.6) is 11.5 Å². The van der Waals surface area contributed by atoms with Gasteiger partial charge < -0.3 is 14.8 Å². The number of nitrogens with zero attached hydrogens (tertiary/aromatic N) is 2. The number of methoxy groups -OCH3 is 2. The summed E-state index contributed by atoms with van der Waals surface area (Å²) >= 11 is 1.23. The predicted molar refractivity (Wildman–Crippen MR) is 115 cm³/mol. The summed E-state index contributed by atoms with van der Waals surface area (Å²) in [6.07, 6.45) is 0.833. The third-order valence-corrected chi connectivity index (χ3v) is 5.41. The smallest absolute Gasteiger partial charge is 0.234 e. The number of benzene rings is 2. The highest BCUT2D eigenvalue weighted by atomic mass is 32.2. The number of rotatable bonds is 7. The number of anilines is 1. The molecule has 0 unspecified atom stereocenters. The maximum absolute atomic E-state index is 12.4. The standard InChI is InChI=1S/C22H21N3O3S/c1-4-14-7-5-6-8-17(14)24-21(26)13-29-22-16(12-23)9-15-10-19(27-2)20(28-3)11-18(15)25-22/h5-11H,4,13H2,1-3H3,(H,24,26). The molecule has 1 N–H and O–H groups in total. The number of amides is 1. The van der Waals surface area contributed by atoms with Crippen molar-refractivity contribution in [1.29, 1.82) is 5.26 Å². The van der Waals surface area contributed by atoms with E-state index in [9.17, 15) is 10.1 Å². The van der Waals surface area contributed by atoms with E-state index >= 15 is 0 Å². The Morgan fingerprint density at radius 2 is 1.90 bits per heavy atom. The summed E-state index contributed by atoms with van der Waals surface area (Å²) in [5.41, 5.74) is 2.97. The van der Waals surface area contributed by atoms with Gasteiger partial charge in [-0.25, -0.2) is 4.98 Å². The van der Waals surface area contributed by atoms with Crippen LogP contribution in [0.3, 0.4) is 0 Å². The largest absolute Gasteiger partial charge is 0.493 e. The number of aryl methyl sites for hydroxylation is 1. The van der Waals surface area contributed by atoms with Crippen molar-refractivity contribution in [3.8, 4) is 17.6 Å². The second kappa shape index (κ2) is 9.30. The van der Waals surface area contributed by atoms with E-state index in [4.69, 9.17) is 9.47 Å². The van der Waals surface area contributed by atoms with Gasteiger partial charge in [-0.3, -0.25) is 4.79 Å². The lowest BCUT2D eigenvalue weighted by molar-refractivity contribution is -0.113. The molecule has 0 saturated carbocycles. The summed E-state index contributed by atoms with van der Waals surface area (Å²) in [5, 5.41) is 13.7. The molecule has 148 valence electrons. The number of carbonyl (C=O) groups is 1. The fraction of sp³-hybridized carbons (Fsp3) is 0.227. The summed E-state index contributed by atoms with van der Waals surface area (Å²) in [5.74, 6) is 1.13. The molecule has 0 fully saturated rings. The third kappa shape index (κ3) is 4.61. The molecule has 1 aromatic heterocycles. The SMILES string of the molecule is CCc1ccccc1NC(=O)CSc1nc2cc(OC)c(OC)cc2cc1C#N. The summed E-state index contributed by atoms with van der Waals surface area (Å²) in [4.78, 5) is 17.0. The zero-order chi connectivity index (χ0) is 20.8. The number of nitrogens with one attached hydrogen (secondary N) is 1. The van der Waals surface area contributed by atoms with Crippen LogP contribution in [0.15, 0.2) is 47.5 Å². The molecule has 29 heavy (non-hydrogen) atoms. The number of ether oxygens (including phenoxy) is 2. The molecule has 2 aromatic carbocycles. The van der Waals surface area contributed by atoms with Gasteiger partial charge in [-0.15, -0.1) is 0 Å². The van der Waals surface area contributed by atoms with Gasteiger partial charge in [0.15, 0.2) is 11.5 Å². The van der Waals surface area contributed by atoms with Gasteiger partial charge in [-0.2, -0.15) is 5.26 Å². The molecule has 0 spiro atoms. The van der Waals surface area contributed by atoms with Crippen LogP contribution in [0.2, 0.25) is 0 Å². The molecule has 0 atom stereocenters. The van der Waals surface area contributed by atoms with Gasteiger partial charge >= 0.3 is 0 Å². The normalized spacial score (nSPS) is 10.4. The molecule has 1 amide bonds. The summed E-state index contributed by atoms with van der Waals surface area (Å²) in [6.45, 7) is 2.04. The molecule has 1 heterocycles. The van der Waals surface area contributed by atoms with Crippen LogP contribution in [0.1, 0.15) is 18.1 Å². The minimum absolute atomic E-state index is 0.144. The average Bonchev–Trinajstić information content (AvgIpc) is 2.76.